The number of nitrogens with one attached hydrogen (secondary N) is 1. The van der Waals surface area contributed by atoms with E-state index in [4.69, 9.17) is 19.6 Å². The van der Waals surface area contributed by atoms with Crippen molar-refractivity contribution in [3.63, 3.8) is 0 Å². The largest absolute Gasteiger partial charge is 0.463 e. The number of esters is 2. The molecule has 0 saturated heterocycles. The predicted octanol–water partition coefficient (Wildman–Crippen LogP) is 3.37. The Morgan fingerprint density at radius 2 is 1.79 bits per heavy atom. The minimum Gasteiger partial charge on any atom is -0.463 e. The second-order valence-electron chi connectivity index (χ2n) is 7.68. The van der Waals surface area contributed by atoms with Gasteiger partial charge < -0.3 is 24.9 Å². The number of para-hydroxylation sites is 2. The molecule has 1 atom stereocenters. The van der Waals surface area contributed by atoms with Crippen molar-refractivity contribution >= 4 is 33.9 Å². The lowest BCUT2D eigenvalue weighted by atomic mass is 9.80. The number of ether oxygens (including phenoxy) is 2. The van der Waals surface area contributed by atoms with Crippen LogP contribution < -0.4 is 16.5 Å². The van der Waals surface area contributed by atoms with Crippen LogP contribution in [0.25, 0.3) is 21.9 Å². The summed E-state index contributed by atoms with van der Waals surface area (Å²) in [6, 6.07) is 11.9. The summed E-state index contributed by atoms with van der Waals surface area (Å²) in [5.41, 5.74) is 7.65. The van der Waals surface area contributed by atoms with Crippen molar-refractivity contribution in [2.75, 3.05) is 13.2 Å². The highest BCUT2D eigenvalue weighted by Crippen LogP contribution is 2.41. The van der Waals surface area contributed by atoms with E-state index in [-0.39, 0.29) is 41.2 Å². The van der Waals surface area contributed by atoms with Crippen LogP contribution in [-0.2, 0) is 19.1 Å². The second-order valence-corrected chi connectivity index (χ2v) is 7.68. The quantitative estimate of drug-likeness (QED) is 0.326. The molecule has 0 saturated carbocycles. The van der Waals surface area contributed by atoms with Crippen LogP contribution >= 0.6 is 0 Å². The van der Waals surface area contributed by atoms with Crippen molar-refractivity contribution < 1.29 is 23.5 Å². The van der Waals surface area contributed by atoms with Crippen LogP contribution in [0, 0.1) is 0 Å². The molecule has 0 radical (unpaired) electrons. The van der Waals surface area contributed by atoms with Gasteiger partial charge in [0.2, 0.25) is 5.43 Å². The van der Waals surface area contributed by atoms with Gasteiger partial charge in [0.15, 0.2) is 0 Å². The summed E-state index contributed by atoms with van der Waals surface area (Å²) in [7, 11) is 0. The number of dihydropyridines is 1. The molecule has 4 rings (SSSR count). The Bertz CT molecular complexity index is 1450. The first-order chi connectivity index (χ1) is 16.4. The molecule has 8 heteroatoms. The normalized spacial score (nSPS) is 15.9. The lowest BCUT2D eigenvalue weighted by Gasteiger charge is -2.30. The van der Waals surface area contributed by atoms with Gasteiger partial charge in [-0.25, -0.2) is 9.59 Å². The van der Waals surface area contributed by atoms with Crippen molar-refractivity contribution in [2.45, 2.75) is 19.8 Å². The zero-order chi connectivity index (χ0) is 24.4. The number of carbonyl (C=O) groups is 2. The minimum atomic E-state index is -0.995. The maximum Gasteiger partial charge on any atom is 0.338 e. The molecule has 174 valence electrons. The Morgan fingerprint density at radius 1 is 1.09 bits per heavy atom. The van der Waals surface area contributed by atoms with E-state index < -0.39 is 17.9 Å². The van der Waals surface area contributed by atoms with Gasteiger partial charge in [0, 0.05) is 11.3 Å². The third-order valence-electron chi connectivity index (χ3n) is 5.59. The van der Waals surface area contributed by atoms with Crippen LogP contribution in [0.1, 0.15) is 25.3 Å². The molecular weight excluding hydrogens is 436 g/mol. The molecular formula is C26H24N2O6. The number of rotatable bonds is 6. The fourth-order valence-corrected chi connectivity index (χ4v) is 4.16. The van der Waals surface area contributed by atoms with E-state index in [1.165, 1.54) is 6.08 Å². The average molecular weight is 460 g/mol. The van der Waals surface area contributed by atoms with Crippen LogP contribution in [-0.4, -0.2) is 25.2 Å². The van der Waals surface area contributed by atoms with Gasteiger partial charge in [-0.1, -0.05) is 36.9 Å². The Kier molecular flexibility index (Phi) is 6.23. The molecule has 3 N–H and O–H groups in total. The molecule has 2 heterocycles. The number of hydrogen-bond donors (Lipinski definition) is 2. The van der Waals surface area contributed by atoms with E-state index in [0.29, 0.717) is 27.6 Å². The number of hydrogen-bond acceptors (Lipinski definition) is 8. The minimum absolute atomic E-state index is 0.0128. The maximum atomic E-state index is 13.2. The molecule has 0 fully saturated rings. The number of fused-ring (bicyclic) bond motifs is 2. The van der Waals surface area contributed by atoms with Crippen LogP contribution in [0.3, 0.4) is 0 Å². The van der Waals surface area contributed by atoms with Crippen molar-refractivity contribution in [3.8, 4) is 0 Å². The Labute approximate surface area is 195 Å². The Balaban J connectivity index is 2.04. The highest BCUT2D eigenvalue weighted by molar-refractivity contribution is 6.02. The van der Waals surface area contributed by atoms with E-state index >= 15 is 0 Å². The molecule has 1 aliphatic heterocycles. The summed E-state index contributed by atoms with van der Waals surface area (Å²) < 4.78 is 16.7. The van der Waals surface area contributed by atoms with Gasteiger partial charge in [0.1, 0.15) is 23.6 Å². The summed E-state index contributed by atoms with van der Waals surface area (Å²) in [5.74, 6) is -2.32. The first-order valence-electron chi connectivity index (χ1n) is 10.8. The SMILES string of the molecule is C=CCOC(=O)C1=C(N)NC(C)=C(C(=O)OCC)C1c1cccc2c(=O)c3ccccc3oc12. The molecule has 34 heavy (non-hydrogen) atoms. The third-order valence-corrected chi connectivity index (χ3v) is 5.59. The summed E-state index contributed by atoms with van der Waals surface area (Å²) >= 11 is 0. The van der Waals surface area contributed by atoms with Crippen molar-refractivity contribution in [2.24, 2.45) is 5.73 Å². The Morgan fingerprint density at radius 3 is 2.53 bits per heavy atom. The van der Waals surface area contributed by atoms with E-state index in [1.807, 2.05) is 0 Å². The second kappa shape index (κ2) is 9.27. The number of allylic oxidation sites excluding steroid dienone is 1. The first kappa shape index (κ1) is 22.8. The summed E-state index contributed by atoms with van der Waals surface area (Å²) in [5, 5.41) is 3.62. The molecule has 2 aromatic carbocycles. The van der Waals surface area contributed by atoms with Crippen molar-refractivity contribution in [1.82, 2.24) is 5.32 Å². The molecule has 8 nitrogen and oxygen atoms in total. The monoisotopic (exact) mass is 460 g/mol. The van der Waals surface area contributed by atoms with Gasteiger partial charge in [-0.15, -0.1) is 0 Å². The van der Waals surface area contributed by atoms with Crippen LogP contribution in [0.5, 0.6) is 0 Å². The highest BCUT2D eigenvalue weighted by Gasteiger charge is 2.40. The van der Waals surface area contributed by atoms with Gasteiger partial charge in [0.05, 0.1) is 34.4 Å². The van der Waals surface area contributed by atoms with E-state index in [9.17, 15) is 14.4 Å². The molecule has 3 aromatic rings. The molecule has 1 aliphatic rings. The number of benzene rings is 2. The molecule has 0 spiro atoms. The van der Waals surface area contributed by atoms with Crippen LogP contribution in [0.2, 0.25) is 0 Å². The Hall–Kier alpha value is -4.33. The van der Waals surface area contributed by atoms with Gasteiger partial charge in [-0.2, -0.15) is 0 Å². The lowest BCUT2D eigenvalue weighted by Crippen LogP contribution is -2.36. The maximum absolute atomic E-state index is 13.2. The highest BCUT2D eigenvalue weighted by atomic mass is 16.5. The van der Waals surface area contributed by atoms with Crippen molar-refractivity contribution in [1.29, 1.82) is 0 Å². The standard InChI is InChI=1S/C26H24N2O6/c1-4-13-33-26(31)21-20(19(25(30)32-5-2)14(3)28-24(21)27)16-10-8-11-17-22(29)15-9-6-7-12-18(15)34-23(16)17/h4,6-12,20,28H,1,5,13,27H2,2-3H3. The molecule has 1 aromatic heterocycles. The zero-order valence-corrected chi connectivity index (χ0v) is 18.8. The summed E-state index contributed by atoms with van der Waals surface area (Å²) in [4.78, 5) is 39.3. The number of nitrogens with two attached hydrogens (primary N) is 1. The summed E-state index contributed by atoms with van der Waals surface area (Å²) in [6.45, 7) is 6.99. The average Bonchev–Trinajstić information content (AvgIpc) is 2.82. The number of carbonyl (C=O) groups excluding carboxylic acids is 2. The third kappa shape index (κ3) is 3.83. The van der Waals surface area contributed by atoms with Crippen LogP contribution in [0.4, 0.5) is 0 Å². The van der Waals surface area contributed by atoms with Gasteiger partial charge in [-0.3, -0.25) is 4.79 Å². The fourth-order valence-electron chi connectivity index (χ4n) is 4.16. The summed E-state index contributed by atoms with van der Waals surface area (Å²) in [6.07, 6.45) is 1.43. The molecule has 0 aliphatic carbocycles. The smallest absolute Gasteiger partial charge is 0.338 e. The van der Waals surface area contributed by atoms with E-state index in [0.717, 1.165) is 0 Å². The molecule has 0 bridgehead atoms. The fraction of sp³-hybridized carbons (Fsp3) is 0.192. The van der Waals surface area contributed by atoms with Gasteiger partial charge in [0.25, 0.3) is 0 Å². The van der Waals surface area contributed by atoms with Gasteiger partial charge in [-0.05, 0) is 32.0 Å². The zero-order valence-electron chi connectivity index (χ0n) is 18.8. The molecule has 1 unspecified atom stereocenters. The van der Waals surface area contributed by atoms with Crippen LogP contribution in [0.15, 0.2) is 87.0 Å². The molecule has 0 amide bonds. The predicted molar refractivity (Wildman–Crippen MR) is 128 cm³/mol. The lowest BCUT2D eigenvalue weighted by molar-refractivity contribution is -0.139. The first-order valence-corrected chi connectivity index (χ1v) is 10.8. The van der Waals surface area contributed by atoms with E-state index in [2.05, 4.69) is 11.9 Å². The van der Waals surface area contributed by atoms with E-state index in [1.54, 1.807) is 56.3 Å². The van der Waals surface area contributed by atoms with Crippen molar-refractivity contribution in [3.05, 3.63) is 93.6 Å². The van der Waals surface area contributed by atoms with Gasteiger partial charge >= 0.3 is 11.9 Å². The topological polar surface area (TPSA) is 121 Å².